The molecule has 5 heteroatoms. The summed E-state index contributed by atoms with van der Waals surface area (Å²) in [6, 6.07) is 5.47. The molecule has 0 amide bonds. The Labute approximate surface area is 112 Å². The molecule has 0 aliphatic carbocycles. The number of aryl methyl sites for hydroxylation is 1. The van der Waals surface area contributed by atoms with Gasteiger partial charge in [-0.25, -0.2) is 9.97 Å². The van der Waals surface area contributed by atoms with Gasteiger partial charge in [0.15, 0.2) is 0 Å². The summed E-state index contributed by atoms with van der Waals surface area (Å²) in [6.07, 6.45) is 3.07. The molecule has 3 N–H and O–H groups in total. The van der Waals surface area contributed by atoms with E-state index in [0.29, 0.717) is 23.7 Å². The van der Waals surface area contributed by atoms with E-state index in [4.69, 9.17) is 10.5 Å². The van der Waals surface area contributed by atoms with E-state index in [1.165, 1.54) is 0 Å². The van der Waals surface area contributed by atoms with Crippen LogP contribution in [-0.2, 0) is 6.42 Å². The monoisotopic (exact) mass is 259 g/mol. The van der Waals surface area contributed by atoms with Crippen LogP contribution in [0.3, 0.4) is 0 Å². The van der Waals surface area contributed by atoms with E-state index in [1.54, 1.807) is 25.6 Å². The summed E-state index contributed by atoms with van der Waals surface area (Å²) in [5.74, 6) is 0.921. The zero-order chi connectivity index (χ0) is 13.8. The van der Waals surface area contributed by atoms with Crippen molar-refractivity contribution in [1.29, 1.82) is 0 Å². The van der Waals surface area contributed by atoms with E-state index >= 15 is 0 Å². The number of aromatic nitrogens is 2. The van der Waals surface area contributed by atoms with E-state index in [2.05, 4.69) is 9.97 Å². The molecule has 2 heterocycles. The fourth-order valence-electron chi connectivity index (χ4n) is 2.00. The van der Waals surface area contributed by atoms with E-state index in [0.717, 1.165) is 11.1 Å². The van der Waals surface area contributed by atoms with Crippen molar-refractivity contribution in [3.63, 3.8) is 0 Å². The highest BCUT2D eigenvalue weighted by Gasteiger charge is 2.15. The van der Waals surface area contributed by atoms with Crippen molar-refractivity contribution in [2.45, 2.75) is 19.4 Å². The normalized spacial score (nSPS) is 12.2. The quantitative estimate of drug-likeness (QED) is 0.872. The molecule has 19 heavy (non-hydrogen) atoms. The third kappa shape index (κ3) is 3.00. The summed E-state index contributed by atoms with van der Waals surface area (Å²) < 4.78 is 4.99. The first kappa shape index (κ1) is 13.3. The van der Waals surface area contributed by atoms with Crippen LogP contribution < -0.4 is 10.5 Å². The molecule has 0 aromatic carbocycles. The number of aliphatic hydroxyl groups excluding tert-OH is 1. The van der Waals surface area contributed by atoms with Crippen LogP contribution in [0, 0.1) is 6.92 Å². The summed E-state index contributed by atoms with van der Waals surface area (Å²) in [7, 11) is 1.57. The summed E-state index contributed by atoms with van der Waals surface area (Å²) in [5, 5.41) is 10.3. The first-order valence-electron chi connectivity index (χ1n) is 5.99. The van der Waals surface area contributed by atoms with Gasteiger partial charge in [-0.2, -0.15) is 0 Å². The Hall–Kier alpha value is -2.14. The molecule has 1 atom stereocenters. The molecular formula is C14H17N3O2. The Bertz CT molecular complexity index is 535. The van der Waals surface area contributed by atoms with Crippen molar-refractivity contribution in [2.75, 3.05) is 12.8 Å². The van der Waals surface area contributed by atoms with Crippen molar-refractivity contribution < 1.29 is 9.84 Å². The van der Waals surface area contributed by atoms with Crippen LogP contribution in [0.15, 0.2) is 30.6 Å². The van der Waals surface area contributed by atoms with Crippen LogP contribution in [0.2, 0.25) is 0 Å². The molecule has 0 spiro atoms. The Balaban J connectivity index is 2.18. The number of rotatable bonds is 4. The molecule has 2 aromatic rings. The fourth-order valence-corrected chi connectivity index (χ4v) is 2.00. The highest BCUT2D eigenvalue weighted by atomic mass is 16.5. The first-order valence-corrected chi connectivity index (χ1v) is 5.99. The molecule has 0 saturated heterocycles. The Kier molecular flexibility index (Phi) is 3.97. The maximum absolute atomic E-state index is 10.3. The number of ether oxygens (including phenoxy) is 1. The highest BCUT2D eigenvalue weighted by molar-refractivity contribution is 5.45. The highest BCUT2D eigenvalue weighted by Crippen LogP contribution is 2.25. The Morgan fingerprint density at radius 1 is 1.32 bits per heavy atom. The largest absolute Gasteiger partial charge is 0.481 e. The number of pyridine rings is 2. The minimum atomic E-state index is -0.691. The summed E-state index contributed by atoms with van der Waals surface area (Å²) in [5.41, 5.74) is 8.34. The van der Waals surface area contributed by atoms with Crippen molar-refractivity contribution in [1.82, 2.24) is 9.97 Å². The molecule has 0 fully saturated rings. The molecule has 0 aliphatic heterocycles. The lowest BCUT2D eigenvalue weighted by Gasteiger charge is -2.15. The van der Waals surface area contributed by atoms with Gasteiger partial charge < -0.3 is 15.6 Å². The standard InChI is InChI=1S/C14H17N3O2/c1-9-5-6-16-14(15)13(9)11(18)7-10-3-4-12(19-2)17-8-10/h3-6,8,11,18H,7H2,1-2H3,(H2,15,16). The average Bonchev–Trinajstić information content (AvgIpc) is 2.39. The number of hydrogen-bond donors (Lipinski definition) is 2. The zero-order valence-electron chi connectivity index (χ0n) is 11.0. The van der Waals surface area contributed by atoms with Crippen LogP contribution in [-0.4, -0.2) is 22.2 Å². The molecule has 0 bridgehead atoms. The van der Waals surface area contributed by atoms with Crippen molar-refractivity contribution in [3.05, 3.63) is 47.3 Å². The summed E-state index contributed by atoms with van der Waals surface area (Å²) >= 11 is 0. The lowest BCUT2D eigenvalue weighted by Crippen LogP contribution is -2.09. The third-order valence-corrected chi connectivity index (χ3v) is 3.01. The topological polar surface area (TPSA) is 81.3 Å². The van der Waals surface area contributed by atoms with E-state index in [1.807, 2.05) is 19.1 Å². The fraction of sp³-hybridized carbons (Fsp3) is 0.286. The van der Waals surface area contributed by atoms with Gasteiger partial charge in [0.1, 0.15) is 5.82 Å². The number of nitrogen functional groups attached to an aromatic ring is 1. The van der Waals surface area contributed by atoms with Gasteiger partial charge in [-0.15, -0.1) is 0 Å². The van der Waals surface area contributed by atoms with Crippen LogP contribution in [0.5, 0.6) is 5.88 Å². The second-order valence-electron chi connectivity index (χ2n) is 4.36. The van der Waals surface area contributed by atoms with Crippen molar-refractivity contribution in [2.24, 2.45) is 0 Å². The maximum atomic E-state index is 10.3. The third-order valence-electron chi connectivity index (χ3n) is 3.01. The van der Waals surface area contributed by atoms with Crippen LogP contribution in [0.1, 0.15) is 22.8 Å². The number of nitrogens with zero attached hydrogens (tertiary/aromatic N) is 2. The van der Waals surface area contributed by atoms with Gasteiger partial charge >= 0.3 is 0 Å². The lowest BCUT2D eigenvalue weighted by molar-refractivity contribution is 0.178. The molecule has 1 unspecified atom stereocenters. The van der Waals surface area contributed by atoms with Gasteiger partial charge in [0, 0.05) is 30.4 Å². The summed E-state index contributed by atoms with van der Waals surface area (Å²) in [6.45, 7) is 1.91. The van der Waals surface area contributed by atoms with Crippen LogP contribution in [0.25, 0.3) is 0 Å². The van der Waals surface area contributed by atoms with Gasteiger partial charge in [0.25, 0.3) is 0 Å². The molecule has 100 valence electrons. The number of hydrogen-bond acceptors (Lipinski definition) is 5. The second-order valence-corrected chi connectivity index (χ2v) is 4.36. The molecule has 0 saturated carbocycles. The number of methoxy groups -OCH3 is 1. The molecule has 2 rings (SSSR count). The van der Waals surface area contributed by atoms with Gasteiger partial charge in [-0.1, -0.05) is 6.07 Å². The Morgan fingerprint density at radius 2 is 2.11 bits per heavy atom. The first-order chi connectivity index (χ1) is 9.11. The van der Waals surface area contributed by atoms with Gasteiger partial charge in [-0.3, -0.25) is 0 Å². The molecule has 0 radical (unpaired) electrons. The predicted octanol–water partition coefficient (Wildman–Crippen LogP) is 1.65. The molecule has 5 nitrogen and oxygen atoms in total. The lowest BCUT2D eigenvalue weighted by atomic mass is 9.99. The minimum absolute atomic E-state index is 0.369. The van der Waals surface area contributed by atoms with Crippen molar-refractivity contribution >= 4 is 5.82 Å². The number of aliphatic hydroxyl groups is 1. The van der Waals surface area contributed by atoms with E-state index in [9.17, 15) is 5.11 Å². The molecule has 0 aliphatic rings. The SMILES string of the molecule is COc1ccc(CC(O)c2c(C)ccnc2N)cn1. The van der Waals surface area contributed by atoms with Gasteiger partial charge in [-0.05, 0) is 24.1 Å². The molecule has 2 aromatic heterocycles. The van der Waals surface area contributed by atoms with E-state index in [-0.39, 0.29) is 0 Å². The smallest absolute Gasteiger partial charge is 0.212 e. The maximum Gasteiger partial charge on any atom is 0.212 e. The number of anilines is 1. The van der Waals surface area contributed by atoms with Crippen LogP contribution in [0.4, 0.5) is 5.82 Å². The van der Waals surface area contributed by atoms with Gasteiger partial charge in [0.05, 0.1) is 13.2 Å². The second kappa shape index (κ2) is 5.67. The van der Waals surface area contributed by atoms with Gasteiger partial charge in [0.2, 0.25) is 5.88 Å². The zero-order valence-corrected chi connectivity index (χ0v) is 11.0. The summed E-state index contributed by atoms with van der Waals surface area (Å²) in [4.78, 5) is 8.12. The average molecular weight is 259 g/mol. The van der Waals surface area contributed by atoms with Crippen LogP contribution >= 0.6 is 0 Å². The number of nitrogens with two attached hydrogens (primary N) is 1. The Morgan fingerprint density at radius 3 is 2.68 bits per heavy atom. The minimum Gasteiger partial charge on any atom is -0.481 e. The van der Waals surface area contributed by atoms with E-state index < -0.39 is 6.10 Å². The molecular weight excluding hydrogens is 242 g/mol. The predicted molar refractivity (Wildman–Crippen MR) is 72.8 cm³/mol. The van der Waals surface area contributed by atoms with Crippen molar-refractivity contribution in [3.8, 4) is 5.88 Å².